The van der Waals surface area contributed by atoms with E-state index in [9.17, 15) is 4.79 Å². The van der Waals surface area contributed by atoms with Crippen LogP contribution < -0.4 is 15.2 Å². The van der Waals surface area contributed by atoms with Gasteiger partial charge in [-0.05, 0) is 23.8 Å². The van der Waals surface area contributed by atoms with Crippen LogP contribution in [0.2, 0.25) is 5.02 Å². The van der Waals surface area contributed by atoms with Crippen molar-refractivity contribution < 1.29 is 14.3 Å². The molecule has 1 rings (SSSR count). The van der Waals surface area contributed by atoms with Gasteiger partial charge >= 0.3 is 0 Å². The first-order valence-corrected chi connectivity index (χ1v) is 4.86. The van der Waals surface area contributed by atoms with E-state index in [-0.39, 0.29) is 0 Å². The lowest BCUT2D eigenvalue weighted by atomic mass is 10.2. The molecule has 0 spiro atoms. The molecule has 0 fully saturated rings. The molecule has 0 radical (unpaired) electrons. The van der Waals surface area contributed by atoms with Crippen LogP contribution in [0.3, 0.4) is 0 Å². The molecule has 0 saturated carbocycles. The van der Waals surface area contributed by atoms with E-state index in [2.05, 4.69) is 0 Å². The van der Waals surface area contributed by atoms with Gasteiger partial charge in [-0.25, -0.2) is 0 Å². The molecule has 0 aliphatic rings. The van der Waals surface area contributed by atoms with Crippen molar-refractivity contribution in [3.63, 3.8) is 0 Å². The van der Waals surface area contributed by atoms with Crippen LogP contribution in [-0.4, -0.2) is 20.1 Å². The number of rotatable bonds is 4. The fourth-order valence-electron chi connectivity index (χ4n) is 1.21. The number of carbonyl (C=O) groups is 1. The summed E-state index contributed by atoms with van der Waals surface area (Å²) in [6.07, 6.45) is 2.75. The Kier molecular flexibility index (Phi) is 4.19. The summed E-state index contributed by atoms with van der Waals surface area (Å²) in [6, 6.07) is 3.41. The fraction of sp³-hybridized carbons (Fsp3) is 0.182. The second-order valence-electron chi connectivity index (χ2n) is 2.94. The molecule has 0 saturated heterocycles. The van der Waals surface area contributed by atoms with Crippen LogP contribution in [-0.2, 0) is 4.79 Å². The van der Waals surface area contributed by atoms with E-state index >= 15 is 0 Å². The summed E-state index contributed by atoms with van der Waals surface area (Å²) in [7, 11) is 3.01. The van der Waals surface area contributed by atoms with Crippen LogP contribution in [0.5, 0.6) is 11.5 Å². The van der Waals surface area contributed by atoms with E-state index in [0.717, 1.165) is 0 Å². The number of halogens is 1. The third kappa shape index (κ3) is 2.67. The van der Waals surface area contributed by atoms with Gasteiger partial charge in [0.1, 0.15) is 0 Å². The highest BCUT2D eigenvalue weighted by Gasteiger charge is 2.11. The zero-order valence-corrected chi connectivity index (χ0v) is 9.75. The van der Waals surface area contributed by atoms with Crippen molar-refractivity contribution >= 4 is 23.6 Å². The number of hydrogen-bond donors (Lipinski definition) is 1. The summed E-state index contributed by atoms with van der Waals surface area (Å²) in [5.41, 5.74) is 5.63. The molecule has 0 aliphatic heterocycles. The molecule has 0 bridgehead atoms. The number of ether oxygens (including phenoxy) is 2. The largest absolute Gasteiger partial charge is 0.493 e. The molecular formula is C11H12ClNO3. The molecule has 0 aliphatic carbocycles. The Labute approximate surface area is 98.6 Å². The number of amides is 1. The molecule has 1 aromatic rings. The zero-order valence-electron chi connectivity index (χ0n) is 8.99. The van der Waals surface area contributed by atoms with Crippen LogP contribution >= 0.6 is 11.6 Å². The van der Waals surface area contributed by atoms with Crippen LogP contribution in [0.4, 0.5) is 0 Å². The van der Waals surface area contributed by atoms with Crippen molar-refractivity contribution in [1.82, 2.24) is 0 Å². The minimum atomic E-state index is -0.536. The second-order valence-corrected chi connectivity index (χ2v) is 3.32. The van der Waals surface area contributed by atoms with Gasteiger partial charge in [-0.3, -0.25) is 4.79 Å². The Hall–Kier alpha value is -1.68. The molecule has 16 heavy (non-hydrogen) atoms. The van der Waals surface area contributed by atoms with E-state index in [1.54, 1.807) is 12.1 Å². The summed E-state index contributed by atoms with van der Waals surface area (Å²) >= 11 is 6.07. The Bertz CT molecular complexity index is 429. The van der Waals surface area contributed by atoms with Crippen molar-refractivity contribution in [2.24, 2.45) is 5.73 Å². The zero-order chi connectivity index (χ0) is 12.1. The van der Waals surface area contributed by atoms with Gasteiger partial charge in [-0.1, -0.05) is 11.6 Å². The predicted molar refractivity (Wildman–Crippen MR) is 62.8 cm³/mol. The second kappa shape index (κ2) is 5.42. The Morgan fingerprint density at radius 1 is 1.38 bits per heavy atom. The number of nitrogens with two attached hydrogens (primary N) is 1. The highest BCUT2D eigenvalue weighted by Crippen LogP contribution is 2.37. The number of primary amides is 1. The summed E-state index contributed by atoms with van der Waals surface area (Å²) in [4.78, 5) is 10.6. The maximum atomic E-state index is 10.6. The van der Waals surface area contributed by atoms with Crippen LogP contribution in [0.25, 0.3) is 6.08 Å². The molecule has 1 amide bonds. The summed E-state index contributed by atoms with van der Waals surface area (Å²) in [5, 5.41) is 0.374. The molecular weight excluding hydrogens is 230 g/mol. The van der Waals surface area contributed by atoms with Crippen molar-refractivity contribution in [1.29, 1.82) is 0 Å². The molecule has 0 atom stereocenters. The lowest BCUT2D eigenvalue weighted by Crippen LogP contribution is -2.05. The first kappa shape index (κ1) is 12.4. The molecule has 5 heteroatoms. The molecule has 2 N–H and O–H groups in total. The van der Waals surface area contributed by atoms with Gasteiger partial charge < -0.3 is 15.2 Å². The van der Waals surface area contributed by atoms with Gasteiger partial charge in [0, 0.05) is 6.08 Å². The SMILES string of the molecule is COc1ccc(/C=C\C(N)=O)c(Cl)c1OC. The summed E-state index contributed by atoms with van der Waals surface area (Å²) in [6.45, 7) is 0. The number of carbonyl (C=O) groups excluding carboxylic acids is 1. The fourth-order valence-corrected chi connectivity index (χ4v) is 1.50. The Balaban J connectivity index is 3.18. The smallest absolute Gasteiger partial charge is 0.241 e. The van der Waals surface area contributed by atoms with Gasteiger partial charge in [-0.2, -0.15) is 0 Å². The van der Waals surface area contributed by atoms with E-state index < -0.39 is 5.91 Å². The molecule has 86 valence electrons. The molecule has 1 aromatic carbocycles. The minimum absolute atomic E-state index is 0.374. The van der Waals surface area contributed by atoms with E-state index in [1.807, 2.05) is 0 Å². The maximum absolute atomic E-state index is 10.6. The first-order chi connectivity index (χ1) is 7.60. The predicted octanol–water partition coefficient (Wildman–Crippen LogP) is 1.86. The molecule has 0 heterocycles. The van der Waals surface area contributed by atoms with Crippen molar-refractivity contribution in [3.8, 4) is 11.5 Å². The van der Waals surface area contributed by atoms with Crippen molar-refractivity contribution in [2.75, 3.05) is 14.2 Å². The average Bonchev–Trinajstić information content (AvgIpc) is 2.26. The standard InChI is InChI=1S/C11H12ClNO3/c1-15-8-5-3-7(4-6-9(13)14)10(12)11(8)16-2/h3-6H,1-2H3,(H2,13,14)/b6-4-. The number of benzene rings is 1. The van der Waals surface area contributed by atoms with Crippen molar-refractivity contribution in [2.45, 2.75) is 0 Å². The van der Waals surface area contributed by atoms with Gasteiger partial charge in [-0.15, -0.1) is 0 Å². The Morgan fingerprint density at radius 3 is 2.56 bits per heavy atom. The van der Waals surface area contributed by atoms with E-state index in [1.165, 1.54) is 26.4 Å². The van der Waals surface area contributed by atoms with Gasteiger partial charge in [0.2, 0.25) is 5.91 Å². The normalized spacial score (nSPS) is 10.4. The first-order valence-electron chi connectivity index (χ1n) is 4.48. The van der Waals surface area contributed by atoms with Crippen LogP contribution in [0.1, 0.15) is 5.56 Å². The van der Waals surface area contributed by atoms with Gasteiger partial charge in [0.15, 0.2) is 11.5 Å². The van der Waals surface area contributed by atoms with Crippen LogP contribution in [0.15, 0.2) is 18.2 Å². The minimum Gasteiger partial charge on any atom is -0.493 e. The highest BCUT2D eigenvalue weighted by molar-refractivity contribution is 6.33. The quantitative estimate of drug-likeness (QED) is 0.819. The number of methoxy groups -OCH3 is 2. The maximum Gasteiger partial charge on any atom is 0.241 e. The van der Waals surface area contributed by atoms with E-state index in [0.29, 0.717) is 22.1 Å². The molecule has 0 unspecified atom stereocenters. The van der Waals surface area contributed by atoms with Gasteiger partial charge in [0.05, 0.1) is 19.2 Å². The third-order valence-electron chi connectivity index (χ3n) is 1.94. The van der Waals surface area contributed by atoms with E-state index in [4.69, 9.17) is 26.8 Å². The van der Waals surface area contributed by atoms with Crippen molar-refractivity contribution in [3.05, 3.63) is 28.8 Å². The van der Waals surface area contributed by atoms with Crippen LogP contribution in [0, 0.1) is 0 Å². The Morgan fingerprint density at radius 2 is 2.06 bits per heavy atom. The average molecular weight is 242 g/mol. The monoisotopic (exact) mass is 241 g/mol. The molecule has 0 aromatic heterocycles. The van der Waals surface area contributed by atoms with Gasteiger partial charge in [0.25, 0.3) is 0 Å². The lowest BCUT2D eigenvalue weighted by Gasteiger charge is -2.10. The molecule has 4 nitrogen and oxygen atoms in total. The topological polar surface area (TPSA) is 61.5 Å². The number of hydrogen-bond acceptors (Lipinski definition) is 3. The summed E-state index contributed by atoms with van der Waals surface area (Å²) in [5.74, 6) is 0.422. The lowest BCUT2D eigenvalue weighted by molar-refractivity contribution is -0.113. The third-order valence-corrected chi connectivity index (χ3v) is 2.33. The highest BCUT2D eigenvalue weighted by atomic mass is 35.5. The summed E-state index contributed by atoms with van der Waals surface area (Å²) < 4.78 is 10.2.